The van der Waals surface area contributed by atoms with Crippen molar-refractivity contribution in [3.63, 3.8) is 0 Å². The molecule has 0 radical (unpaired) electrons. The Kier molecular flexibility index (Phi) is 4.12. The summed E-state index contributed by atoms with van der Waals surface area (Å²) in [5, 5.41) is 6.03. The molecule has 0 bridgehead atoms. The van der Waals surface area contributed by atoms with Crippen LogP contribution in [0.1, 0.15) is 10.4 Å². The number of halogens is 4. The number of aromatic nitrogens is 2. The van der Waals surface area contributed by atoms with E-state index in [1.807, 2.05) is 0 Å². The Morgan fingerprint density at radius 1 is 1.35 bits per heavy atom. The van der Waals surface area contributed by atoms with E-state index in [-0.39, 0.29) is 5.69 Å². The third-order valence-corrected chi connectivity index (χ3v) is 3.04. The van der Waals surface area contributed by atoms with Crippen LogP contribution in [0.5, 0.6) is 0 Å². The van der Waals surface area contributed by atoms with Crippen molar-refractivity contribution in [2.75, 3.05) is 5.32 Å². The number of rotatable bonds is 3. The van der Waals surface area contributed by atoms with Gasteiger partial charge in [-0.3, -0.25) is 9.48 Å². The lowest BCUT2D eigenvalue weighted by molar-refractivity contribution is -0.142. The molecule has 0 saturated heterocycles. The summed E-state index contributed by atoms with van der Waals surface area (Å²) in [6.07, 6.45) is -2.06. The lowest BCUT2D eigenvalue weighted by atomic mass is 10.2. The minimum atomic E-state index is -4.35. The molecule has 1 aromatic heterocycles. The summed E-state index contributed by atoms with van der Waals surface area (Å²) in [5.74, 6) is -0.427. The molecule has 0 unspecified atom stereocenters. The van der Waals surface area contributed by atoms with Gasteiger partial charge in [0.1, 0.15) is 6.54 Å². The van der Waals surface area contributed by atoms with Crippen LogP contribution in [0.4, 0.5) is 18.9 Å². The molecule has 1 heterocycles. The van der Waals surface area contributed by atoms with Gasteiger partial charge in [0.15, 0.2) is 0 Å². The zero-order valence-corrected chi connectivity index (χ0v) is 11.6. The lowest BCUT2D eigenvalue weighted by Gasteiger charge is -2.06. The smallest absolute Gasteiger partial charge is 0.319 e. The molecule has 0 atom stereocenters. The maximum absolute atomic E-state index is 12.2. The molecule has 1 aromatic carbocycles. The van der Waals surface area contributed by atoms with E-state index < -0.39 is 18.6 Å². The summed E-state index contributed by atoms with van der Waals surface area (Å²) >= 11 is 3.22. The van der Waals surface area contributed by atoms with Gasteiger partial charge in [-0.25, -0.2) is 0 Å². The number of carbonyl (C=O) groups excluding carboxylic acids is 1. The number of nitrogens with zero attached hydrogens (tertiary/aromatic N) is 2. The summed E-state index contributed by atoms with van der Waals surface area (Å²) in [6.45, 7) is -1.20. The molecule has 2 rings (SSSR count). The highest BCUT2D eigenvalue weighted by Gasteiger charge is 2.28. The van der Waals surface area contributed by atoms with Crippen LogP contribution in [0, 0.1) is 0 Å². The quantitative estimate of drug-likeness (QED) is 0.924. The van der Waals surface area contributed by atoms with Gasteiger partial charge in [0.05, 0.1) is 17.4 Å². The number of nitrogens with one attached hydrogen (secondary N) is 1. The normalized spacial score (nSPS) is 11.4. The van der Waals surface area contributed by atoms with Crippen LogP contribution in [0.25, 0.3) is 0 Å². The molecular weight excluding hydrogens is 339 g/mol. The fraction of sp³-hybridized carbons (Fsp3) is 0.167. The lowest BCUT2D eigenvalue weighted by Crippen LogP contribution is -2.18. The molecule has 106 valence electrons. The number of alkyl halides is 3. The van der Waals surface area contributed by atoms with Crippen molar-refractivity contribution in [3.05, 3.63) is 46.7 Å². The van der Waals surface area contributed by atoms with E-state index in [1.165, 1.54) is 6.20 Å². The van der Waals surface area contributed by atoms with Crippen LogP contribution in [0.2, 0.25) is 0 Å². The minimum Gasteiger partial charge on any atom is -0.319 e. The van der Waals surface area contributed by atoms with Crippen molar-refractivity contribution in [1.82, 2.24) is 9.78 Å². The third-order valence-electron chi connectivity index (χ3n) is 2.35. The van der Waals surface area contributed by atoms with Crippen molar-refractivity contribution in [3.8, 4) is 0 Å². The van der Waals surface area contributed by atoms with Gasteiger partial charge in [-0.05, 0) is 28.1 Å². The number of anilines is 1. The van der Waals surface area contributed by atoms with Crippen LogP contribution in [0.15, 0.2) is 41.1 Å². The van der Waals surface area contributed by atoms with Gasteiger partial charge >= 0.3 is 6.18 Å². The molecule has 0 spiro atoms. The Bertz CT molecular complexity index is 624. The Morgan fingerprint density at radius 2 is 2.05 bits per heavy atom. The average molecular weight is 348 g/mol. The predicted octanol–water partition coefficient (Wildman–Crippen LogP) is 3.46. The van der Waals surface area contributed by atoms with Gasteiger partial charge < -0.3 is 5.32 Å². The first-order chi connectivity index (χ1) is 9.35. The predicted molar refractivity (Wildman–Crippen MR) is 70.4 cm³/mol. The van der Waals surface area contributed by atoms with E-state index in [4.69, 9.17) is 0 Å². The molecule has 4 nitrogen and oxygen atoms in total. The summed E-state index contributed by atoms with van der Waals surface area (Å²) < 4.78 is 37.8. The summed E-state index contributed by atoms with van der Waals surface area (Å²) in [5.41, 5.74) is 0.589. The Labute approximate surface area is 120 Å². The second-order valence-corrected chi connectivity index (χ2v) is 4.83. The first-order valence-corrected chi connectivity index (χ1v) is 6.29. The van der Waals surface area contributed by atoms with Crippen molar-refractivity contribution >= 4 is 27.5 Å². The number of benzene rings is 1. The highest BCUT2D eigenvalue weighted by atomic mass is 79.9. The van der Waals surface area contributed by atoms with Crippen molar-refractivity contribution < 1.29 is 18.0 Å². The van der Waals surface area contributed by atoms with Crippen LogP contribution in [-0.4, -0.2) is 21.9 Å². The number of carbonyl (C=O) groups is 1. The molecular formula is C12H9BrF3N3O. The standard InChI is InChI=1S/C12H9BrF3N3O/c13-10-4-2-1-3-9(10)11(20)18-8-5-17-19(6-8)7-12(14,15)16/h1-6H,7H2,(H,18,20). The van der Waals surface area contributed by atoms with Crippen LogP contribution >= 0.6 is 15.9 Å². The second kappa shape index (κ2) is 5.66. The van der Waals surface area contributed by atoms with Crippen LogP contribution in [-0.2, 0) is 6.54 Å². The van der Waals surface area contributed by atoms with E-state index in [0.29, 0.717) is 10.0 Å². The average Bonchev–Trinajstić information content (AvgIpc) is 2.74. The second-order valence-electron chi connectivity index (χ2n) is 3.98. The number of amides is 1. The van der Waals surface area contributed by atoms with Gasteiger partial charge in [-0.2, -0.15) is 18.3 Å². The topological polar surface area (TPSA) is 46.9 Å². The van der Waals surface area contributed by atoms with Gasteiger partial charge in [0, 0.05) is 10.7 Å². The SMILES string of the molecule is O=C(Nc1cnn(CC(F)(F)F)c1)c1ccccc1Br. The summed E-state index contributed by atoms with van der Waals surface area (Å²) in [4.78, 5) is 11.9. The van der Waals surface area contributed by atoms with Crippen molar-refractivity contribution in [2.45, 2.75) is 12.7 Å². The molecule has 0 aliphatic carbocycles. The zero-order chi connectivity index (χ0) is 14.8. The van der Waals surface area contributed by atoms with E-state index in [2.05, 4.69) is 26.3 Å². The first-order valence-electron chi connectivity index (χ1n) is 5.50. The Balaban J connectivity index is 2.08. The van der Waals surface area contributed by atoms with Gasteiger partial charge in [0.2, 0.25) is 0 Å². The van der Waals surface area contributed by atoms with Crippen molar-refractivity contribution in [1.29, 1.82) is 0 Å². The summed E-state index contributed by atoms with van der Waals surface area (Å²) in [7, 11) is 0. The highest BCUT2D eigenvalue weighted by Crippen LogP contribution is 2.20. The van der Waals surface area contributed by atoms with Gasteiger partial charge in [-0.1, -0.05) is 12.1 Å². The molecule has 0 aliphatic rings. The highest BCUT2D eigenvalue weighted by molar-refractivity contribution is 9.10. The molecule has 0 fully saturated rings. The molecule has 1 amide bonds. The van der Waals surface area contributed by atoms with E-state index in [0.717, 1.165) is 10.9 Å². The fourth-order valence-electron chi connectivity index (χ4n) is 1.54. The van der Waals surface area contributed by atoms with E-state index >= 15 is 0 Å². The monoisotopic (exact) mass is 347 g/mol. The van der Waals surface area contributed by atoms with E-state index in [1.54, 1.807) is 24.3 Å². The van der Waals surface area contributed by atoms with Crippen LogP contribution in [0.3, 0.4) is 0 Å². The minimum absolute atomic E-state index is 0.204. The first kappa shape index (κ1) is 14.6. The fourth-order valence-corrected chi connectivity index (χ4v) is 2.01. The van der Waals surface area contributed by atoms with Gasteiger partial charge in [0.25, 0.3) is 5.91 Å². The maximum atomic E-state index is 12.2. The molecule has 20 heavy (non-hydrogen) atoms. The number of hydrogen-bond donors (Lipinski definition) is 1. The van der Waals surface area contributed by atoms with E-state index in [9.17, 15) is 18.0 Å². The molecule has 0 saturated carbocycles. The zero-order valence-electron chi connectivity index (χ0n) is 9.99. The maximum Gasteiger partial charge on any atom is 0.408 e. The number of hydrogen-bond acceptors (Lipinski definition) is 2. The van der Waals surface area contributed by atoms with Gasteiger partial charge in [-0.15, -0.1) is 0 Å². The molecule has 0 aliphatic heterocycles. The third kappa shape index (κ3) is 3.83. The van der Waals surface area contributed by atoms with Crippen molar-refractivity contribution in [2.24, 2.45) is 0 Å². The largest absolute Gasteiger partial charge is 0.408 e. The molecule has 8 heteroatoms. The Morgan fingerprint density at radius 3 is 2.70 bits per heavy atom. The molecule has 1 N–H and O–H groups in total. The molecule has 2 aromatic rings. The Hall–Kier alpha value is -1.83. The van der Waals surface area contributed by atoms with Crippen LogP contribution < -0.4 is 5.32 Å². The summed E-state index contributed by atoms with van der Waals surface area (Å²) in [6, 6.07) is 6.73.